The van der Waals surface area contributed by atoms with Crippen molar-refractivity contribution in [1.82, 2.24) is 5.32 Å². The molecular formula is C14H21ClN2O. The molecule has 1 aromatic carbocycles. The van der Waals surface area contributed by atoms with E-state index in [1.54, 1.807) is 6.92 Å². The Morgan fingerprint density at radius 3 is 2.44 bits per heavy atom. The average molecular weight is 269 g/mol. The van der Waals surface area contributed by atoms with Gasteiger partial charge in [0.1, 0.15) is 5.54 Å². The summed E-state index contributed by atoms with van der Waals surface area (Å²) in [4.78, 5) is 12.1. The number of halogens is 1. The van der Waals surface area contributed by atoms with Gasteiger partial charge in [0, 0.05) is 6.54 Å². The summed E-state index contributed by atoms with van der Waals surface area (Å²) < 4.78 is 0. The average Bonchev–Trinajstić information content (AvgIpc) is 3.06. The zero-order valence-electron chi connectivity index (χ0n) is 10.9. The van der Waals surface area contributed by atoms with Crippen LogP contribution in [0.15, 0.2) is 30.3 Å². The molecule has 18 heavy (non-hydrogen) atoms. The monoisotopic (exact) mass is 268 g/mol. The maximum Gasteiger partial charge on any atom is 0.244 e. The van der Waals surface area contributed by atoms with Crippen LogP contribution in [0, 0.1) is 5.41 Å². The molecule has 2 rings (SSSR count). The number of hydrogen-bond acceptors (Lipinski definition) is 2. The SMILES string of the molecule is CC1(CNC(=O)C(C)(N)c2ccccc2)CC1.Cl. The second-order valence-corrected chi connectivity index (χ2v) is 5.56. The molecule has 0 radical (unpaired) electrons. The van der Waals surface area contributed by atoms with E-state index in [-0.39, 0.29) is 18.3 Å². The van der Waals surface area contributed by atoms with Crippen molar-refractivity contribution >= 4 is 18.3 Å². The van der Waals surface area contributed by atoms with Crippen molar-refractivity contribution in [3.8, 4) is 0 Å². The van der Waals surface area contributed by atoms with Crippen LogP contribution >= 0.6 is 12.4 Å². The first kappa shape index (κ1) is 15.0. The summed E-state index contributed by atoms with van der Waals surface area (Å²) in [7, 11) is 0. The third kappa shape index (κ3) is 3.24. The van der Waals surface area contributed by atoms with E-state index in [0.29, 0.717) is 5.41 Å². The topological polar surface area (TPSA) is 55.1 Å². The van der Waals surface area contributed by atoms with Gasteiger partial charge in [0.25, 0.3) is 0 Å². The first-order valence-corrected chi connectivity index (χ1v) is 6.07. The van der Waals surface area contributed by atoms with Crippen molar-refractivity contribution in [2.24, 2.45) is 11.1 Å². The van der Waals surface area contributed by atoms with Crippen molar-refractivity contribution < 1.29 is 4.79 Å². The van der Waals surface area contributed by atoms with Crippen molar-refractivity contribution in [2.45, 2.75) is 32.2 Å². The number of carbonyl (C=O) groups excluding carboxylic acids is 1. The van der Waals surface area contributed by atoms with Crippen LogP contribution in [0.4, 0.5) is 0 Å². The van der Waals surface area contributed by atoms with E-state index in [4.69, 9.17) is 5.73 Å². The summed E-state index contributed by atoms with van der Waals surface area (Å²) in [5.41, 5.74) is 6.32. The Hall–Kier alpha value is -1.06. The van der Waals surface area contributed by atoms with Crippen molar-refractivity contribution in [1.29, 1.82) is 0 Å². The van der Waals surface area contributed by atoms with E-state index < -0.39 is 5.54 Å². The van der Waals surface area contributed by atoms with Crippen LogP contribution in [-0.2, 0) is 10.3 Å². The van der Waals surface area contributed by atoms with Crippen molar-refractivity contribution in [3.63, 3.8) is 0 Å². The zero-order valence-corrected chi connectivity index (χ0v) is 11.7. The number of nitrogens with two attached hydrogens (primary N) is 1. The third-order valence-corrected chi connectivity index (χ3v) is 3.62. The highest BCUT2D eigenvalue weighted by Crippen LogP contribution is 2.44. The van der Waals surface area contributed by atoms with Crippen molar-refractivity contribution in [3.05, 3.63) is 35.9 Å². The summed E-state index contributed by atoms with van der Waals surface area (Å²) in [5.74, 6) is -0.100. The van der Waals surface area contributed by atoms with Gasteiger partial charge in [0.2, 0.25) is 5.91 Å². The van der Waals surface area contributed by atoms with Gasteiger partial charge in [0.15, 0.2) is 0 Å². The van der Waals surface area contributed by atoms with E-state index in [0.717, 1.165) is 12.1 Å². The van der Waals surface area contributed by atoms with E-state index in [1.165, 1.54) is 12.8 Å². The second kappa shape index (κ2) is 5.29. The molecule has 3 N–H and O–H groups in total. The molecule has 1 amide bonds. The molecule has 1 aliphatic carbocycles. The fourth-order valence-corrected chi connectivity index (χ4v) is 1.78. The summed E-state index contributed by atoms with van der Waals surface area (Å²) >= 11 is 0. The Morgan fingerprint density at radius 2 is 1.94 bits per heavy atom. The molecule has 100 valence electrons. The van der Waals surface area contributed by atoms with E-state index >= 15 is 0 Å². The second-order valence-electron chi connectivity index (χ2n) is 5.56. The lowest BCUT2D eigenvalue weighted by Gasteiger charge is -2.25. The molecule has 1 unspecified atom stereocenters. The van der Waals surface area contributed by atoms with Gasteiger partial charge in [-0.2, -0.15) is 0 Å². The minimum absolute atomic E-state index is 0. The van der Waals surface area contributed by atoms with Crippen LogP contribution in [0.5, 0.6) is 0 Å². The van der Waals surface area contributed by atoms with Crippen molar-refractivity contribution in [2.75, 3.05) is 6.54 Å². The highest BCUT2D eigenvalue weighted by atomic mass is 35.5. The Balaban J connectivity index is 0.00000162. The molecule has 0 saturated heterocycles. The van der Waals surface area contributed by atoms with E-state index in [9.17, 15) is 4.79 Å². The van der Waals surface area contributed by atoms with Gasteiger partial charge in [0.05, 0.1) is 0 Å². The van der Waals surface area contributed by atoms with Gasteiger partial charge in [-0.3, -0.25) is 4.79 Å². The van der Waals surface area contributed by atoms with Gasteiger partial charge in [-0.1, -0.05) is 37.3 Å². The van der Waals surface area contributed by atoms with Gasteiger partial charge in [-0.15, -0.1) is 12.4 Å². The van der Waals surface area contributed by atoms with Gasteiger partial charge in [-0.05, 0) is 30.7 Å². The molecule has 1 aliphatic rings. The molecule has 1 atom stereocenters. The molecule has 1 fully saturated rings. The fraction of sp³-hybridized carbons (Fsp3) is 0.500. The number of carbonyl (C=O) groups is 1. The quantitative estimate of drug-likeness (QED) is 0.880. The largest absolute Gasteiger partial charge is 0.354 e. The lowest BCUT2D eigenvalue weighted by molar-refractivity contribution is -0.126. The highest BCUT2D eigenvalue weighted by molar-refractivity contribution is 5.87. The molecule has 1 aromatic rings. The Kier molecular flexibility index (Phi) is 4.41. The van der Waals surface area contributed by atoms with Crippen LogP contribution in [0.3, 0.4) is 0 Å². The van der Waals surface area contributed by atoms with Gasteiger partial charge in [-0.25, -0.2) is 0 Å². The maximum absolute atomic E-state index is 12.1. The predicted molar refractivity (Wildman–Crippen MR) is 75.6 cm³/mol. The van der Waals surface area contributed by atoms with E-state index in [1.807, 2.05) is 30.3 Å². The Bertz CT molecular complexity index is 413. The van der Waals surface area contributed by atoms with E-state index in [2.05, 4.69) is 12.2 Å². The standard InChI is InChI=1S/C14H20N2O.ClH/c1-13(8-9-13)10-16-12(17)14(2,15)11-6-4-3-5-7-11;/h3-7H,8-10,15H2,1-2H3,(H,16,17);1H. The lowest BCUT2D eigenvalue weighted by atomic mass is 9.92. The maximum atomic E-state index is 12.1. The predicted octanol–water partition coefficient (Wildman–Crippen LogP) is 2.20. The molecule has 0 spiro atoms. The fourth-order valence-electron chi connectivity index (χ4n) is 1.78. The molecule has 4 heteroatoms. The van der Waals surface area contributed by atoms with Crippen LogP contribution in [-0.4, -0.2) is 12.5 Å². The number of nitrogens with one attached hydrogen (secondary N) is 1. The summed E-state index contributed by atoms with van der Waals surface area (Å²) in [6, 6.07) is 9.49. The zero-order chi connectivity index (χ0) is 12.5. The first-order valence-electron chi connectivity index (χ1n) is 6.07. The third-order valence-electron chi connectivity index (χ3n) is 3.62. The molecule has 0 aliphatic heterocycles. The Morgan fingerprint density at radius 1 is 1.39 bits per heavy atom. The van der Waals surface area contributed by atoms with Crippen LogP contribution in [0.25, 0.3) is 0 Å². The lowest BCUT2D eigenvalue weighted by Crippen LogP contribution is -2.50. The smallest absolute Gasteiger partial charge is 0.244 e. The molecule has 1 saturated carbocycles. The van der Waals surface area contributed by atoms with Crippen LogP contribution < -0.4 is 11.1 Å². The Labute approximate surface area is 115 Å². The number of rotatable bonds is 4. The van der Waals surface area contributed by atoms with Gasteiger partial charge >= 0.3 is 0 Å². The number of amides is 1. The minimum atomic E-state index is -0.952. The molecule has 0 aromatic heterocycles. The molecule has 3 nitrogen and oxygen atoms in total. The molecule has 0 heterocycles. The highest BCUT2D eigenvalue weighted by Gasteiger charge is 2.39. The van der Waals surface area contributed by atoms with Crippen LogP contribution in [0.2, 0.25) is 0 Å². The summed E-state index contributed by atoms with van der Waals surface area (Å²) in [5, 5.41) is 2.96. The normalized spacial score (nSPS) is 19.3. The van der Waals surface area contributed by atoms with Crippen LogP contribution in [0.1, 0.15) is 32.3 Å². The molecule has 0 bridgehead atoms. The number of benzene rings is 1. The summed E-state index contributed by atoms with van der Waals surface area (Å²) in [6.07, 6.45) is 2.39. The van der Waals surface area contributed by atoms with Gasteiger partial charge < -0.3 is 11.1 Å². The first-order chi connectivity index (χ1) is 7.94. The number of hydrogen-bond donors (Lipinski definition) is 2. The molecular weight excluding hydrogens is 248 g/mol. The summed E-state index contributed by atoms with van der Waals surface area (Å²) in [6.45, 7) is 4.67. The minimum Gasteiger partial charge on any atom is -0.354 e.